The van der Waals surface area contributed by atoms with Crippen LogP contribution in [-0.4, -0.2) is 41.8 Å². The Morgan fingerprint density at radius 1 is 1.16 bits per heavy atom. The Balaban J connectivity index is 1.56. The van der Waals surface area contributed by atoms with Gasteiger partial charge in [0.25, 0.3) is 0 Å². The maximum Gasteiger partial charge on any atom is 0.0471 e. The number of fused-ring (bicyclic) bond motifs is 1. The van der Waals surface area contributed by atoms with Crippen LogP contribution in [0.2, 0.25) is 0 Å². The molecule has 0 aliphatic carbocycles. The number of benzene rings is 1. The van der Waals surface area contributed by atoms with E-state index in [1.165, 1.54) is 50.0 Å². The molecule has 0 amide bonds. The monoisotopic (exact) mass is 260 g/mol. The lowest BCUT2D eigenvalue weighted by Gasteiger charge is -2.35. The van der Waals surface area contributed by atoms with Crippen molar-refractivity contribution in [1.29, 1.82) is 0 Å². The molecule has 0 spiro atoms. The van der Waals surface area contributed by atoms with Crippen LogP contribution in [0.4, 0.5) is 5.69 Å². The molecule has 2 saturated heterocycles. The van der Waals surface area contributed by atoms with Crippen molar-refractivity contribution in [2.24, 2.45) is 0 Å². The predicted molar refractivity (Wildman–Crippen MR) is 78.5 cm³/mol. The van der Waals surface area contributed by atoms with Gasteiger partial charge in [-0.25, -0.2) is 0 Å². The molecule has 0 bridgehead atoms. The van der Waals surface area contributed by atoms with Gasteiger partial charge in [0.05, 0.1) is 0 Å². The first-order valence-electron chi connectivity index (χ1n) is 7.55. The van der Waals surface area contributed by atoms with Gasteiger partial charge in [0.2, 0.25) is 0 Å². The molecule has 1 aromatic rings. The molecule has 0 saturated carbocycles. The fraction of sp³-hybridized carbons (Fsp3) is 0.625. The predicted octanol–water partition coefficient (Wildman–Crippen LogP) is 2.26. The van der Waals surface area contributed by atoms with Crippen molar-refractivity contribution in [3.8, 4) is 0 Å². The number of nitrogens with zero attached hydrogens (tertiary/aromatic N) is 1. The van der Waals surface area contributed by atoms with Crippen LogP contribution in [0, 0.1) is 0 Å². The fourth-order valence-electron chi connectivity index (χ4n) is 3.49. The highest BCUT2D eigenvalue weighted by atomic mass is 16.2. The summed E-state index contributed by atoms with van der Waals surface area (Å²) in [4.78, 5) is 2.66. The first-order chi connectivity index (χ1) is 9.35. The molecular weight excluding hydrogens is 236 g/mol. The van der Waals surface area contributed by atoms with Crippen LogP contribution in [0.3, 0.4) is 0 Å². The molecule has 2 atom stereocenters. The number of aliphatic hydroxyl groups excluding tert-OH is 1. The van der Waals surface area contributed by atoms with Crippen LogP contribution in [0.1, 0.15) is 31.2 Å². The van der Waals surface area contributed by atoms with E-state index < -0.39 is 0 Å². The third kappa shape index (κ3) is 3.10. The highest BCUT2D eigenvalue weighted by molar-refractivity contribution is 5.45. The van der Waals surface area contributed by atoms with E-state index in [4.69, 9.17) is 5.11 Å². The molecule has 3 nitrogen and oxygen atoms in total. The standard InChI is InChI=1S/C16H24N2O/c19-11-8-13-3-5-14(6-4-13)17-15-7-10-18-9-1-2-16(18)12-15/h3-6,15-17,19H,1-2,7-12H2. The molecule has 3 heteroatoms. The van der Waals surface area contributed by atoms with Crippen LogP contribution >= 0.6 is 0 Å². The van der Waals surface area contributed by atoms with E-state index in [1.807, 2.05) is 0 Å². The van der Waals surface area contributed by atoms with Crippen LogP contribution in [-0.2, 0) is 6.42 Å². The minimum atomic E-state index is 0.229. The quantitative estimate of drug-likeness (QED) is 0.871. The lowest BCUT2D eigenvalue weighted by Crippen LogP contribution is -2.42. The zero-order valence-corrected chi connectivity index (χ0v) is 11.5. The molecule has 1 aromatic carbocycles. The summed E-state index contributed by atoms with van der Waals surface area (Å²) in [6.45, 7) is 2.80. The van der Waals surface area contributed by atoms with Crippen molar-refractivity contribution in [2.45, 2.75) is 44.2 Å². The number of nitrogens with one attached hydrogen (secondary N) is 1. The maximum atomic E-state index is 8.92. The third-order valence-corrected chi connectivity index (χ3v) is 4.55. The first kappa shape index (κ1) is 12.9. The Labute approximate surface area is 115 Å². The second-order valence-electron chi connectivity index (χ2n) is 5.87. The lowest BCUT2D eigenvalue weighted by atomic mass is 9.97. The Bertz CT molecular complexity index is 404. The number of aliphatic hydroxyl groups is 1. The molecule has 19 heavy (non-hydrogen) atoms. The van der Waals surface area contributed by atoms with Gasteiger partial charge in [-0.1, -0.05) is 12.1 Å². The molecule has 0 aromatic heterocycles. The van der Waals surface area contributed by atoms with E-state index in [0.29, 0.717) is 6.04 Å². The minimum absolute atomic E-state index is 0.229. The first-order valence-corrected chi connectivity index (χ1v) is 7.55. The molecule has 104 valence electrons. The fourth-order valence-corrected chi connectivity index (χ4v) is 3.49. The summed E-state index contributed by atoms with van der Waals surface area (Å²) in [5.74, 6) is 0. The summed E-state index contributed by atoms with van der Waals surface area (Å²) in [5.41, 5.74) is 2.43. The van der Waals surface area contributed by atoms with Gasteiger partial charge in [-0.15, -0.1) is 0 Å². The highest BCUT2D eigenvalue weighted by Crippen LogP contribution is 2.28. The maximum absolute atomic E-state index is 8.92. The summed E-state index contributed by atoms with van der Waals surface area (Å²) < 4.78 is 0. The van der Waals surface area contributed by atoms with Gasteiger partial charge in [-0.2, -0.15) is 0 Å². The Morgan fingerprint density at radius 3 is 2.79 bits per heavy atom. The van der Waals surface area contributed by atoms with E-state index in [0.717, 1.165) is 12.5 Å². The molecule has 2 fully saturated rings. The number of hydrogen-bond donors (Lipinski definition) is 2. The molecular formula is C16H24N2O. The molecule has 3 rings (SSSR count). The van der Waals surface area contributed by atoms with Gasteiger partial charge in [-0.3, -0.25) is 0 Å². The van der Waals surface area contributed by atoms with Gasteiger partial charge < -0.3 is 15.3 Å². The van der Waals surface area contributed by atoms with Crippen molar-refractivity contribution in [2.75, 3.05) is 25.0 Å². The number of anilines is 1. The van der Waals surface area contributed by atoms with Gasteiger partial charge in [0, 0.05) is 30.9 Å². The van der Waals surface area contributed by atoms with Crippen LogP contribution in [0.15, 0.2) is 24.3 Å². The molecule has 2 N–H and O–H groups in total. The molecule has 2 aliphatic heterocycles. The second kappa shape index (κ2) is 5.93. The molecule has 2 aliphatic rings. The van der Waals surface area contributed by atoms with Gasteiger partial charge in [0.1, 0.15) is 0 Å². The van der Waals surface area contributed by atoms with Crippen molar-refractivity contribution in [3.05, 3.63) is 29.8 Å². The van der Waals surface area contributed by atoms with E-state index in [2.05, 4.69) is 34.5 Å². The second-order valence-corrected chi connectivity index (χ2v) is 5.87. The normalized spacial score (nSPS) is 27.2. The zero-order chi connectivity index (χ0) is 13.1. The Morgan fingerprint density at radius 2 is 2.00 bits per heavy atom. The van der Waals surface area contributed by atoms with E-state index >= 15 is 0 Å². The van der Waals surface area contributed by atoms with Crippen LogP contribution < -0.4 is 5.32 Å². The number of hydrogen-bond acceptors (Lipinski definition) is 3. The van der Waals surface area contributed by atoms with Gasteiger partial charge >= 0.3 is 0 Å². The average Bonchev–Trinajstić information content (AvgIpc) is 2.89. The van der Waals surface area contributed by atoms with Gasteiger partial charge in [-0.05, 0) is 56.3 Å². The Hall–Kier alpha value is -1.06. The van der Waals surface area contributed by atoms with Crippen molar-refractivity contribution in [3.63, 3.8) is 0 Å². The largest absolute Gasteiger partial charge is 0.396 e. The molecule has 0 radical (unpaired) electrons. The zero-order valence-electron chi connectivity index (χ0n) is 11.5. The third-order valence-electron chi connectivity index (χ3n) is 4.55. The van der Waals surface area contributed by atoms with Gasteiger partial charge in [0.15, 0.2) is 0 Å². The van der Waals surface area contributed by atoms with E-state index in [-0.39, 0.29) is 6.61 Å². The van der Waals surface area contributed by atoms with E-state index in [9.17, 15) is 0 Å². The van der Waals surface area contributed by atoms with Crippen LogP contribution in [0.25, 0.3) is 0 Å². The lowest BCUT2D eigenvalue weighted by molar-refractivity contribution is 0.188. The summed E-state index contributed by atoms with van der Waals surface area (Å²) >= 11 is 0. The summed E-state index contributed by atoms with van der Waals surface area (Å²) in [6.07, 6.45) is 6.06. The van der Waals surface area contributed by atoms with Crippen LogP contribution in [0.5, 0.6) is 0 Å². The summed E-state index contributed by atoms with van der Waals surface area (Å²) in [5, 5.41) is 12.6. The molecule has 2 unspecified atom stereocenters. The summed E-state index contributed by atoms with van der Waals surface area (Å²) in [6, 6.07) is 9.97. The van der Waals surface area contributed by atoms with Crippen molar-refractivity contribution in [1.82, 2.24) is 4.90 Å². The molecule has 2 heterocycles. The average molecular weight is 260 g/mol. The Kier molecular flexibility index (Phi) is 4.04. The summed E-state index contributed by atoms with van der Waals surface area (Å²) in [7, 11) is 0. The minimum Gasteiger partial charge on any atom is -0.396 e. The SMILES string of the molecule is OCCc1ccc(NC2CCN3CCCC3C2)cc1. The smallest absolute Gasteiger partial charge is 0.0471 e. The topological polar surface area (TPSA) is 35.5 Å². The highest BCUT2D eigenvalue weighted by Gasteiger charge is 2.31. The number of piperidine rings is 1. The van der Waals surface area contributed by atoms with Crippen molar-refractivity contribution >= 4 is 5.69 Å². The van der Waals surface area contributed by atoms with Crippen molar-refractivity contribution < 1.29 is 5.11 Å². The van der Waals surface area contributed by atoms with E-state index in [1.54, 1.807) is 0 Å². The number of rotatable bonds is 4.